The van der Waals surface area contributed by atoms with Gasteiger partial charge in [0.25, 0.3) is 0 Å². The molecule has 0 N–H and O–H groups in total. The molecule has 2 atom stereocenters. The molecule has 4 nitrogen and oxygen atoms in total. The first-order chi connectivity index (χ1) is 9.15. The summed E-state index contributed by atoms with van der Waals surface area (Å²) in [5, 5.41) is 0.488. The molecule has 1 saturated heterocycles. The number of hydrogen-bond acceptors (Lipinski definition) is 4. The van der Waals surface area contributed by atoms with Gasteiger partial charge in [0.05, 0.1) is 12.5 Å². The lowest BCUT2D eigenvalue weighted by Gasteiger charge is -2.25. The molecular formula is C14H17ClN2O2. The van der Waals surface area contributed by atoms with Crippen molar-refractivity contribution in [3.8, 4) is 0 Å². The first-order valence-corrected chi connectivity index (χ1v) is 6.98. The highest BCUT2D eigenvalue weighted by molar-refractivity contribution is 6.29. The number of methoxy groups -OCH3 is 1. The highest BCUT2D eigenvalue weighted by atomic mass is 35.5. The van der Waals surface area contributed by atoms with E-state index >= 15 is 0 Å². The van der Waals surface area contributed by atoms with Crippen LogP contribution in [0.25, 0.3) is 0 Å². The molecule has 2 unspecified atom stereocenters. The van der Waals surface area contributed by atoms with Gasteiger partial charge in [-0.3, -0.25) is 4.79 Å². The molecule has 5 heteroatoms. The van der Waals surface area contributed by atoms with Crippen molar-refractivity contribution in [1.29, 1.82) is 0 Å². The molecule has 1 aliphatic heterocycles. The van der Waals surface area contributed by atoms with Crippen LogP contribution in [0.2, 0.25) is 5.15 Å². The summed E-state index contributed by atoms with van der Waals surface area (Å²) in [6.07, 6.45) is 4.85. The molecule has 2 heterocycles. The number of fused-ring (bicyclic) bond motifs is 1. The number of pyridine rings is 1. The van der Waals surface area contributed by atoms with Crippen molar-refractivity contribution >= 4 is 23.3 Å². The number of nitrogens with zero attached hydrogens (tertiary/aromatic N) is 2. The summed E-state index contributed by atoms with van der Waals surface area (Å²) < 4.78 is 5.04. The molecule has 0 aromatic carbocycles. The molecule has 0 bridgehead atoms. The molecule has 0 amide bonds. The van der Waals surface area contributed by atoms with E-state index in [1.807, 2.05) is 12.1 Å². The fourth-order valence-electron chi connectivity index (χ4n) is 3.61. The minimum atomic E-state index is -0.315. The topological polar surface area (TPSA) is 42.4 Å². The molecule has 1 aromatic heterocycles. The second-order valence-corrected chi connectivity index (χ2v) is 5.84. The molecular weight excluding hydrogens is 264 g/mol. The minimum absolute atomic E-state index is 0.0577. The summed E-state index contributed by atoms with van der Waals surface area (Å²) in [5.41, 5.74) is 0.725. The summed E-state index contributed by atoms with van der Waals surface area (Å²) in [7, 11) is 1.48. The maximum absolute atomic E-state index is 12.2. The van der Waals surface area contributed by atoms with E-state index in [-0.39, 0.29) is 11.4 Å². The number of rotatable bonds is 2. The van der Waals surface area contributed by atoms with Gasteiger partial charge < -0.3 is 9.64 Å². The van der Waals surface area contributed by atoms with Crippen molar-refractivity contribution in [1.82, 2.24) is 4.98 Å². The van der Waals surface area contributed by atoms with Crippen LogP contribution in [-0.2, 0) is 9.53 Å². The van der Waals surface area contributed by atoms with E-state index in [9.17, 15) is 4.79 Å². The number of carbonyl (C=O) groups is 1. The Morgan fingerprint density at radius 1 is 1.63 bits per heavy atom. The van der Waals surface area contributed by atoms with Crippen LogP contribution >= 0.6 is 11.6 Å². The van der Waals surface area contributed by atoms with Crippen molar-refractivity contribution in [2.24, 2.45) is 11.3 Å². The van der Waals surface area contributed by atoms with Crippen LogP contribution in [-0.4, -0.2) is 31.2 Å². The average Bonchev–Trinajstić information content (AvgIpc) is 2.95. The zero-order valence-electron chi connectivity index (χ0n) is 10.9. The standard InChI is InChI=1S/C14H17ClN2O2/c1-19-13(18)14-5-2-3-10(14)8-17(9-14)11-4-6-16-12(15)7-11/h4,6-7,10H,2-3,5,8-9H2,1H3. The Labute approximate surface area is 117 Å². The van der Waals surface area contributed by atoms with Crippen molar-refractivity contribution in [2.45, 2.75) is 19.3 Å². The predicted octanol–water partition coefficient (Wildman–Crippen LogP) is 2.51. The summed E-state index contributed by atoms with van der Waals surface area (Å²) in [6, 6.07) is 3.80. The lowest BCUT2D eigenvalue weighted by Crippen LogP contribution is -2.36. The quantitative estimate of drug-likeness (QED) is 0.617. The molecule has 2 fully saturated rings. The molecule has 19 heavy (non-hydrogen) atoms. The van der Waals surface area contributed by atoms with E-state index in [1.165, 1.54) is 7.11 Å². The molecule has 102 valence electrons. The number of ether oxygens (including phenoxy) is 1. The van der Waals surface area contributed by atoms with E-state index in [0.29, 0.717) is 11.1 Å². The van der Waals surface area contributed by atoms with Gasteiger partial charge in [0.1, 0.15) is 5.15 Å². The number of anilines is 1. The average molecular weight is 281 g/mol. The van der Waals surface area contributed by atoms with Crippen LogP contribution in [0, 0.1) is 11.3 Å². The Kier molecular flexibility index (Phi) is 3.13. The monoisotopic (exact) mass is 280 g/mol. The van der Waals surface area contributed by atoms with Crippen LogP contribution in [0.3, 0.4) is 0 Å². The Hall–Kier alpha value is -1.29. The summed E-state index contributed by atoms with van der Waals surface area (Å²) in [5.74, 6) is 0.338. The number of aromatic nitrogens is 1. The molecule has 0 radical (unpaired) electrons. The van der Waals surface area contributed by atoms with Crippen molar-refractivity contribution in [3.05, 3.63) is 23.5 Å². The largest absolute Gasteiger partial charge is 0.469 e. The van der Waals surface area contributed by atoms with Gasteiger partial charge in [0.15, 0.2) is 0 Å². The third-order valence-electron chi connectivity index (χ3n) is 4.54. The van der Waals surface area contributed by atoms with Gasteiger partial charge in [-0.15, -0.1) is 0 Å². The second-order valence-electron chi connectivity index (χ2n) is 5.45. The normalized spacial score (nSPS) is 29.4. The second kappa shape index (κ2) is 4.67. The lowest BCUT2D eigenvalue weighted by atomic mass is 9.81. The van der Waals surface area contributed by atoms with Gasteiger partial charge in [-0.2, -0.15) is 0 Å². The van der Waals surface area contributed by atoms with E-state index in [0.717, 1.165) is 38.0 Å². The van der Waals surface area contributed by atoms with Crippen LogP contribution in [0.4, 0.5) is 5.69 Å². The summed E-state index contributed by atoms with van der Waals surface area (Å²) in [4.78, 5) is 18.4. The smallest absolute Gasteiger partial charge is 0.313 e. The fourth-order valence-corrected chi connectivity index (χ4v) is 3.78. The van der Waals surface area contributed by atoms with Gasteiger partial charge in [0.2, 0.25) is 0 Å². The summed E-state index contributed by atoms with van der Waals surface area (Å²) in [6.45, 7) is 1.63. The van der Waals surface area contributed by atoms with E-state index in [1.54, 1.807) is 6.20 Å². The zero-order chi connectivity index (χ0) is 13.5. The van der Waals surface area contributed by atoms with Crippen LogP contribution < -0.4 is 4.90 Å². The Morgan fingerprint density at radius 3 is 3.21 bits per heavy atom. The molecule has 0 spiro atoms. The number of carbonyl (C=O) groups excluding carboxylic acids is 1. The number of hydrogen-bond donors (Lipinski definition) is 0. The van der Waals surface area contributed by atoms with Gasteiger partial charge in [-0.25, -0.2) is 4.98 Å². The highest BCUT2D eigenvalue weighted by Crippen LogP contribution is 2.50. The Morgan fingerprint density at radius 2 is 2.47 bits per heavy atom. The number of halogens is 1. The predicted molar refractivity (Wildman–Crippen MR) is 73.3 cm³/mol. The van der Waals surface area contributed by atoms with E-state index in [4.69, 9.17) is 16.3 Å². The summed E-state index contributed by atoms with van der Waals surface area (Å²) >= 11 is 5.94. The van der Waals surface area contributed by atoms with Gasteiger partial charge in [-0.1, -0.05) is 18.0 Å². The Balaban J connectivity index is 1.88. The van der Waals surface area contributed by atoms with Crippen molar-refractivity contribution in [2.75, 3.05) is 25.1 Å². The molecule has 2 aliphatic rings. The van der Waals surface area contributed by atoms with Crippen LogP contribution in [0.1, 0.15) is 19.3 Å². The van der Waals surface area contributed by atoms with E-state index < -0.39 is 0 Å². The maximum Gasteiger partial charge on any atom is 0.313 e. The molecule has 1 saturated carbocycles. The third-order valence-corrected chi connectivity index (χ3v) is 4.74. The fraction of sp³-hybridized carbons (Fsp3) is 0.571. The van der Waals surface area contributed by atoms with Gasteiger partial charge in [-0.05, 0) is 30.9 Å². The first-order valence-electron chi connectivity index (χ1n) is 6.60. The van der Waals surface area contributed by atoms with Crippen molar-refractivity contribution < 1.29 is 9.53 Å². The molecule has 1 aromatic rings. The highest BCUT2D eigenvalue weighted by Gasteiger charge is 2.55. The molecule has 3 rings (SSSR count). The minimum Gasteiger partial charge on any atom is -0.469 e. The SMILES string of the molecule is COC(=O)C12CCCC1CN(c1ccnc(Cl)c1)C2. The number of esters is 1. The van der Waals surface area contributed by atoms with Crippen molar-refractivity contribution in [3.63, 3.8) is 0 Å². The third kappa shape index (κ3) is 1.98. The zero-order valence-corrected chi connectivity index (χ0v) is 11.7. The van der Waals surface area contributed by atoms with Crippen LogP contribution in [0.15, 0.2) is 18.3 Å². The van der Waals surface area contributed by atoms with Crippen LogP contribution in [0.5, 0.6) is 0 Å². The van der Waals surface area contributed by atoms with Gasteiger partial charge >= 0.3 is 5.97 Å². The van der Waals surface area contributed by atoms with Gasteiger partial charge in [0, 0.05) is 25.0 Å². The molecule has 1 aliphatic carbocycles. The first kappa shape index (κ1) is 12.7. The lowest BCUT2D eigenvalue weighted by molar-refractivity contribution is -0.152. The maximum atomic E-state index is 12.2. The Bertz CT molecular complexity index is 508. The van der Waals surface area contributed by atoms with E-state index in [2.05, 4.69) is 9.88 Å².